The number of carbonyl (C=O) groups is 1. The number of amides is 1. The second-order valence-electron chi connectivity index (χ2n) is 4.05. The van der Waals surface area contributed by atoms with Gasteiger partial charge in [0.15, 0.2) is 0 Å². The molecule has 0 atom stereocenters. The molecule has 0 bridgehead atoms. The summed E-state index contributed by atoms with van der Waals surface area (Å²) in [6.07, 6.45) is 2.27. The summed E-state index contributed by atoms with van der Waals surface area (Å²) in [4.78, 5) is 15.2. The van der Waals surface area contributed by atoms with Crippen LogP contribution in [0.5, 0.6) is 0 Å². The SMILES string of the molecule is CC(C)C1CC(NOCC(N)=O)C1. The van der Waals surface area contributed by atoms with Crippen LogP contribution in [0.15, 0.2) is 0 Å². The Balaban J connectivity index is 1.99. The highest BCUT2D eigenvalue weighted by Crippen LogP contribution is 2.33. The molecule has 4 nitrogen and oxygen atoms in total. The van der Waals surface area contributed by atoms with Crippen LogP contribution in [0.2, 0.25) is 0 Å². The molecule has 0 spiro atoms. The Morgan fingerprint density at radius 2 is 2.23 bits per heavy atom. The second kappa shape index (κ2) is 4.58. The molecule has 1 amide bonds. The molecule has 3 N–H and O–H groups in total. The second-order valence-corrected chi connectivity index (χ2v) is 4.05. The van der Waals surface area contributed by atoms with E-state index in [4.69, 9.17) is 10.6 Å². The summed E-state index contributed by atoms with van der Waals surface area (Å²) in [5.74, 6) is 1.11. The maximum atomic E-state index is 10.3. The van der Waals surface area contributed by atoms with Gasteiger partial charge in [0.1, 0.15) is 6.61 Å². The number of hydrogen-bond donors (Lipinski definition) is 2. The molecule has 76 valence electrons. The molecule has 13 heavy (non-hydrogen) atoms. The summed E-state index contributed by atoms with van der Waals surface area (Å²) in [6, 6.07) is 0.409. The normalized spacial score (nSPS) is 27.3. The zero-order valence-electron chi connectivity index (χ0n) is 8.25. The summed E-state index contributed by atoms with van der Waals surface area (Å²) in [5, 5.41) is 0. The molecule has 0 aromatic rings. The van der Waals surface area contributed by atoms with Crippen molar-refractivity contribution in [2.75, 3.05) is 6.61 Å². The van der Waals surface area contributed by atoms with Gasteiger partial charge in [-0.1, -0.05) is 13.8 Å². The van der Waals surface area contributed by atoms with Gasteiger partial charge in [0, 0.05) is 6.04 Å². The van der Waals surface area contributed by atoms with E-state index in [9.17, 15) is 4.79 Å². The van der Waals surface area contributed by atoms with E-state index in [2.05, 4.69) is 19.3 Å². The number of hydrogen-bond acceptors (Lipinski definition) is 3. The van der Waals surface area contributed by atoms with Crippen LogP contribution in [0, 0.1) is 11.8 Å². The Morgan fingerprint density at radius 3 is 2.69 bits per heavy atom. The third-order valence-corrected chi connectivity index (χ3v) is 2.58. The molecule has 0 unspecified atom stereocenters. The predicted octanol–water partition coefficient (Wildman–Crippen LogP) is 0.428. The molecule has 1 fully saturated rings. The highest BCUT2D eigenvalue weighted by Gasteiger charge is 2.31. The first-order valence-electron chi connectivity index (χ1n) is 4.75. The number of nitrogens with two attached hydrogens (primary N) is 1. The van der Waals surface area contributed by atoms with Gasteiger partial charge in [-0.25, -0.2) is 0 Å². The van der Waals surface area contributed by atoms with Crippen molar-refractivity contribution in [3.8, 4) is 0 Å². The van der Waals surface area contributed by atoms with E-state index in [1.165, 1.54) is 0 Å². The molecule has 0 aliphatic heterocycles. The van der Waals surface area contributed by atoms with Gasteiger partial charge in [0.2, 0.25) is 5.91 Å². The third kappa shape index (κ3) is 3.32. The van der Waals surface area contributed by atoms with Crippen LogP contribution >= 0.6 is 0 Å². The maximum Gasteiger partial charge on any atom is 0.245 e. The number of primary amides is 1. The predicted molar refractivity (Wildman–Crippen MR) is 49.6 cm³/mol. The van der Waals surface area contributed by atoms with Crippen molar-refractivity contribution in [2.24, 2.45) is 17.6 Å². The van der Waals surface area contributed by atoms with Crippen molar-refractivity contribution < 1.29 is 9.63 Å². The molecular formula is C9H18N2O2. The summed E-state index contributed by atoms with van der Waals surface area (Å²) >= 11 is 0. The van der Waals surface area contributed by atoms with Crippen LogP contribution in [-0.4, -0.2) is 18.6 Å². The molecule has 0 aromatic carbocycles. The minimum absolute atomic E-state index is 0.0388. The Labute approximate surface area is 78.8 Å². The fraction of sp³-hybridized carbons (Fsp3) is 0.889. The Bertz CT molecular complexity index is 176. The van der Waals surface area contributed by atoms with Gasteiger partial charge < -0.3 is 5.73 Å². The number of hydroxylamine groups is 1. The lowest BCUT2D eigenvalue weighted by atomic mass is 9.74. The van der Waals surface area contributed by atoms with Crippen LogP contribution in [0.25, 0.3) is 0 Å². The molecular weight excluding hydrogens is 168 g/mol. The molecule has 0 saturated heterocycles. The van der Waals surface area contributed by atoms with Crippen LogP contribution in [0.4, 0.5) is 0 Å². The molecule has 1 aliphatic rings. The van der Waals surface area contributed by atoms with E-state index in [-0.39, 0.29) is 6.61 Å². The topological polar surface area (TPSA) is 64.3 Å². The molecule has 1 aliphatic carbocycles. The Hall–Kier alpha value is -0.610. The standard InChI is InChI=1S/C9H18N2O2/c1-6(2)7-3-8(4-7)11-13-5-9(10)12/h6-8,11H,3-5H2,1-2H3,(H2,10,12). The molecule has 1 rings (SSSR count). The van der Waals surface area contributed by atoms with Crippen LogP contribution < -0.4 is 11.2 Å². The van der Waals surface area contributed by atoms with E-state index >= 15 is 0 Å². The minimum Gasteiger partial charge on any atom is -0.368 e. The average Bonchev–Trinajstić information content (AvgIpc) is 1.92. The van der Waals surface area contributed by atoms with Crippen molar-refractivity contribution in [1.29, 1.82) is 0 Å². The number of rotatable bonds is 5. The van der Waals surface area contributed by atoms with Gasteiger partial charge in [-0.2, -0.15) is 5.48 Å². The molecule has 4 heteroatoms. The monoisotopic (exact) mass is 186 g/mol. The first-order valence-corrected chi connectivity index (χ1v) is 4.75. The van der Waals surface area contributed by atoms with Crippen LogP contribution in [0.3, 0.4) is 0 Å². The zero-order chi connectivity index (χ0) is 9.84. The van der Waals surface area contributed by atoms with Gasteiger partial charge in [-0.15, -0.1) is 0 Å². The zero-order valence-corrected chi connectivity index (χ0v) is 8.25. The van der Waals surface area contributed by atoms with Crippen molar-refractivity contribution in [3.05, 3.63) is 0 Å². The van der Waals surface area contributed by atoms with E-state index in [1.807, 2.05) is 0 Å². The quantitative estimate of drug-likeness (QED) is 0.612. The first kappa shape index (κ1) is 10.5. The van der Waals surface area contributed by atoms with Crippen molar-refractivity contribution in [2.45, 2.75) is 32.7 Å². The third-order valence-electron chi connectivity index (χ3n) is 2.58. The van der Waals surface area contributed by atoms with Gasteiger partial charge in [-0.05, 0) is 24.7 Å². The summed E-state index contributed by atoms with van der Waals surface area (Å²) < 4.78 is 0. The lowest BCUT2D eigenvalue weighted by Crippen LogP contribution is -2.43. The molecule has 0 heterocycles. The highest BCUT2D eigenvalue weighted by molar-refractivity contribution is 5.74. The average molecular weight is 186 g/mol. The minimum atomic E-state index is -0.438. The van der Waals surface area contributed by atoms with Crippen molar-refractivity contribution in [3.63, 3.8) is 0 Å². The van der Waals surface area contributed by atoms with Crippen molar-refractivity contribution in [1.82, 2.24) is 5.48 Å². The Kier molecular flexibility index (Phi) is 3.69. The molecule has 1 saturated carbocycles. The Morgan fingerprint density at radius 1 is 1.62 bits per heavy atom. The van der Waals surface area contributed by atoms with Crippen LogP contribution in [-0.2, 0) is 9.63 Å². The fourth-order valence-electron chi connectivity index (χ4n) is 1.53. The van der Waals surface area contributed by atoms with Gasteiger partial charge in [0.05, 0.1) is 0 Å². The lowest BCUT2D eigenvalue weighted by molar-refractivity contribution is -0.127. The summed E-state index contributed by atoms with van der Waals surface area (Å²) in [7, 11) is 0. The van der Waals surface area contributed by atoms with Gasteiger partial charge in [-0.3, -0.25) is 9.63 Å². The van der Waals surface area contributed by atoms with Gasteiger partial charge >= 0.3 is 0 Å². The summed E-state index contributed by atoms with van der Waals surface area (Å²) in [6.45, 7) is 4.42. The van der Waals surface area contributed by atoms with Gasteiger partial charge in [0.25, 0.3) is 0 Å². The highest BCUT2D eigenvalue weighted by atomic mass is 16.6. The summed E-state index contributed by atoms with van der Waals surface area (Å²) in [5.41, 5.74) is 7.74. The van der Waals surface area contributed by atoms with E-state index in [1.54, 1.807) is 0 Å². The number of nitrogens with one attached hydrogen (secondary N) is 1. The fourth-order valence-corrected chi connectivity index (χ4v) is 1.53. The van der Waals surface area contributed by atoms with E-state index in [0.29, 0.717) is 6.04 Å². The molecule has 0 aromatic heterocycles. The van der Waals surface area contributed by atoms with Crippen molar-refractivity contribution >= 4 is 5.91 Å². The number of carbonyl (C=O) groups excluding carboxylic acids is 1. The lowest BCUT2D eigenvalue weighted by Gasteiger charge is -2.37. The molecule has 0 radical (unpaired) electrons. The largest absolute Gasteiger partial charge is 0.368 e. The smallest absolute Gasteiger partial charge is 0.245 e. The van der Waals surface area contributed by atoms with Crippen LogP contribution in [0.1, 0.15) is 26.7 Å². The maximum absolute atomic E-state index is 10.3. The van der Waals surface area contributed by atoms with E-state index in [0.717, 1.165) is 24.7 Å². The first-order chi connectivity index (χ1) is 6.09. The van der Waals surface area contributed by atoms with E-state index < -0.39 is 5.91 Å².